The molecule has 7 heteroatoms. The molecule has 0 aliphatic heterocycles. The molecule has 0 saturated carbocycles. The Morgan fingerprint density at radius 2 is 2.25 bits per heavy atom. The van der Waals surface area contributed by atoms with Crippen molar-refractivity contribution in [1.29, 1.82) is 0 Å². The predicted octanol–water partition coefficient (Wildman–Crippen LogP) is 2.99. The van der Waals surface area contributed by atoms with E-state index in [0.717, 1.165) is 6.07 Å². The van der Waals surface area contributed by atoms with Crippen molar-refractivity contribution in [2.24, 2.45) is 0 Å². The van der Waals surface area contributed by atoms with Crippen molar-refractivity contribution in [3.63, 3.8) is 0 Å². The number of carboxylic acids is 1. The maximum Gasteiger partial charge on any atom is 0.309 e. The summed E-state index contributed by atoms with van der Waals surface area (Å²) < 4.78 is 25.7. The molecule has 0 atom stereocenters. The molecular formula is C9H7ClF2INO2. The fourth-order valence-electron chi connectivity index (χ4n) is 1.18. The Hall–Kier alpha value is -0.500. The van der Waals surface area contributed by atoms with Crippen LogP contribution in [0.2, 0.25) is 0 Å². The molecular weight excluding hydrogens is 354 g/mol. The van der Waals surface area contributed by atoms with Crippen molar-refractivity contribution in [1.82, 2.24) is 4.98 Å². The Morgan fingerprint density at radius 3 is 2.69 bits per heavy atom. The zero-order valence-electron chi connectivity index (χ0n) is 7.88. The summed E-state index contributed by atoms with van der Waals surface area (Å²) >= 11 is 7.31. The van der Waals surface area contributed by atoms with Crippen LogP contribution >= 0.6 is 34.2 Å². The summed E-state index contributed by atoms with van der Waals surface area (Å²) in [4.78, 5) is 14.4. The first kappa shape index (κ1) is 13.6. The van der Waals surface area contributed by atoms with Crippen LogP contribution in [0, 0.1) is 3.70 Å². The minimum Gasteiger partial charge on any atom is -0.481 e. The Balaban J connectivity index is 3.22. The Bertz CT molecular complexity index is 415. The van der Waals surface area contributed by atoms with Gasteiger partial charge in [0.05, 0.1) is 18.0 Å². The molecule has 1 rings (SSSR count). The second-order valence-electron chi connectivity index (χ2n) is 2.98. The lowest BCUT2D eigenvalue weighted by atomic mass is 10.1. The SMILES string of the molecule is O=C(O)Cc1cc(C(F)F)c(CCl)c(I)n1. The van der Waals surface area contributed by atoms with Crippen LogP contribution in [0.15, 0.2) is 6.07 Å². The molecule has 88 valence electrons. The molecule has 0 radical (unpaired) electrons. The first-order valence-corrected chi connectivity index (χ1v) is 5.81. The van der Waals surface area contributed by atoms with E-state index in [1.165, 1.54) is 0 Å². The summed E-state index contributed by atoms with van der Waals surface area (Å²) in [6.07, 6.45) is -3.06. The van der Waals surface area contributed by atoms with Gasteiger partial charge in [-0.15, -0.1) is 11.6 Å². The molecule has 1 aromatic rings. The van der Waals surface area contributed by atoms with E-state index in [-0.39, 0.29) is 29.1 Å². The molecule has 0 aliphatic carbocycles. The third-order valence-corrected chi connectivity index (χ3v) is 3.02. The number of hydrogen-bond acceptors (Lipinski definition) is 2. The molecule has 3 nitrogen and oxygen atoms in total. The summed E-state index contributed by atoms with van der Waals surface area (Å²) in [5.74, 6) is -1.18. The number of alkyl halides is 3. The van der Waals surface area contributed by atoms with Crippen LogP contribution in [0.5, 0.6) is 0 Å². The first-order valence-electron chi connectivity index (χ1n) is 4.19. The first-order chi connectivity index (χ1) is 7.45. The smallest absolute Gasteiger partial charge is 0.309 e. The van der Waals surface area contributed by atoms with Crippen LogP contribution < -0.4 is 0 Å². The van der Waals surface area contributed by atoms with Crippen molar-refractivity contribution < 1.29 is 18.7 Å². The number of carboxylic acid groups (broad SMARTS) is 1. The molecule has 0 aromatic carbocycles. The quantitative estimate of drug-likeness (QED) is 0.510. The van der Waals surface area contributed by atoms with Gasteiger partial charge < -0.3 is 5.11 Å². The molecule has 0 aliphatic rings. The van der Waals surface area contributed by atoms with Crippen LogP contribution in [0.1, 0.15) is 23.2 Å². The van der Waals surface area contributed by atoms with E-state index in [1.54, 1.807) is 22.6 Å². The van der Waals surface area contributed by atoms with E-state index in [1.807, 2.05) is 0 Å². The molecule has 0 spiro atoms. The second kappa shape index (κ2) is 5.72. The van der Waals surface area contributed by atoms with Gasteiger partial charge in [-0.3, -0.25) is 4.79 Å². The minimum absolute atomic E-state index is 0.0711. The van der Waals surface area contributed by atoms with Crippen LogP contribution in [-0.4, -0.2) is 16.1 Å². The number of aliphatic carboxylic acids is 1. The van der Waals surface area contributed by atoms with Crippen molar-refractivity contribution in [2.45, 2.75) is 18.7 Å². The third-order valence-electron chi connectivity index (χ3n) is 1.86. The number of rotatable bonds is 4. The molecule has 16 heavy (non-hydrogen) atoms. The summed E-state index contributed by atoms with van der Waals surface area (Å²) in [6, 6.07) is 1.10. The topological polar surface area (TPSA) is 50.2 Å². The van der Waals surface area contributed by atoms with E-state index in [2.05, 4.69) is 4.98 Å². The highest BCUT2D eigenvalue weighted by molar-refractivity contribution is 14.1. The second-order valence-corrected chi connectivity index (χ2v) is 4.27. The van der Waals surface area contributed by atoms with Crippen LogP contribution in [0.4, 0.5) is 8.78 Å². The number of nitrogens with zero attached hydrogens (tertiary/aromatic N) is 1. The average Bonchev–Trinajstić information content (AvgIpc) is 2.15. The Kier molecular flexibility index (Phi) is 4.85. The van der Waals surface area contributed by atoms with Gasteiger partial charge in [0.15, 0.2) is 0 Å². The molecule has 0 saturated heterocycles. The average molecular weight is 362 g/mol. The largest absolute Gasteiger partial charge is 0.481 e. The highest BCUT2D eigenvalue weighted by Gasteiger charge is 2.18. The molecule has 0 fully saturated rings. The molecule has 0 amide bonds. The van der Waals surface area contributed by atoms with Crippen LogP contribution in [-0.2, 0) is 17.1 Å². The van der Waals surface area contributed by atoms with Gasteiger partial charge in [-0.1, -0.05) is 0 Å². The van der Waals surface area contributed by atoms with Gasteiger partial charge in [0.2, 0.25) is 0 Å². The van der Waals surface area contributed by atoms with Gasteiger partial charge in [0, 0.05) is 11.1 Å². The predicted molar refractivity (Wildman–Crippen MR) is 62.8 cm³/mol. The van der Waals surface area contributed by atoms with E-state index in [9.17, 15) is 13.6 Å². The standard InChI is InChI=1S/C9H7ClF2INO2/c10-3-6-5(8(11)12)1-4(2-7(15)16)14-9(6)13/h1,8H,2-3H2,(H,15,16). The van der Waals surface area contributed by atoms with Gasteiger partial charge in [0.1, 0.15) is 3.70 Å². The highest BCUT2D eigenvalue weighted by Crippen LogP contribution is 2.27. The van der Waals surface area contributed by atoms with Crippen molar-refractivity contribution in [3.8, 4) is 0 Å². The van der Waals surface area contributed by atoms with Crippen LogP contribution in [0.25, 0.3) is 0 Å². The fourth-order valence-corrected chi connectivity index (χ4v) is 2.50. The lowest BCUT2D eigenvalue weighted by molar-refractivity contribution is -0.136. The highest BCUT2D eigenvalue weighted by atomic mass is 127. The fraction of sp³-hybridized carbons (Fsp3) is 0.333. The van der Waals surface area contributed by atoms with Gasteiger partial charge >= 0.3 is 5.97 Å². The number of carbonyl (C=O) groups is 1. The molecule has 1 heterocycles. The lowest BCUT2D eigenvalue weighted by Crippen LogP contribution is -2.07. The van der Waals surface area contributed by atoms with E-state index in [4.69, 9.17) is 16.7 Å². The van der Waals surface area contributed by atoms with E-state index < -0.39 is 12.4 Å². The van der Waals surface area contributed by atoms with E-state index in [0.29, 0.717) is 3.70 Å². The van der Waals surface area contributed by atoms with Crippen molar-refractivity contribution in [2.75, 3.05) is 0 Å². The minimum atomic E-state index is -2.68. The van der Waals surface area contributed by atoms with Gasteiger partial charge in [-0.2, -0.15) is 0 Å². The van der Waals surface area contributed by atoms with Gasteiger partial charge in [-0.05, 0) is 28.7 Å². The number of halogens is 4. The molecule has 1 aromatic heterocycles. The van der Waals surface area contributed by atoms with Crippen molar-refractivity contribution in [3.05, 3.63) is 26.6 Å². The number of aromatic nitrogens is 1. The van der Waals surface area contributed by atoms with Gasteiger partial charge in [-0.25, -0.2) is 13.8 Å². The van der Waals surface area contributed by atoms with Gasteiger partial charge in [0.25, 0.3) is 6.43 Å². The normalized spacial score (nSPS) is 10.8. The summed E-state index contributed by atoms with van der Waals surface area (Å²) in [7, 11) is 0. The summed E-state index contributed by atoms with van der Waals surface area (Å²) in [6.45, 7) is 0. The third kappa shape index (κ3) is 3.24. The number of hydrogen-bond donors (Lipinski definition) is 1. The lowest BCUT2D eigenvalue weighted by Gasteiger charge is -2.10. The Labute approximate surface area is 109 Å². The van der Waals surface area contributed by atoms with Crippen molar-refractivity contribution >= 4 is 40.2 Å². The maximum absolute atomic E-state index is 12.7. The summed E-state index contributed by atoms with van der Waals surface area (Å²) in [5.41, 5.74) is 0.123. The van der Waals surface area contributed by atoms with E-state index >= 15 is 0 Å². The molecule has 0 bridgehead atoms. The maximum atomic E-state index is 12.7. The summed E-state index contributed by atoms with van der Waals surface area (Å²) in [5, 5.41) is 8.56. The monoisotopic (exact) mass is 361 g/mol. The zero-order chi connectivity index (χ0) is 12.3. The Morgan fingerprint density at radius 1 is 1.62 bits per heavy atom. The molecule has 0 unspecified atom stereocenters. The molecule has 1 N–H and O–H groups in total. The van der Waals surface area contributed by atoms with Crippen LogP contribution in [0.3, 0.4) is 0 Å². The number of pyridine rings is 1. The zero-order valence-corrected chi connectivity index (χ0v) is 10.8.